The van der Waals surface area contributed by atoms with Crippen molar-refractivity contribution in [2.45, 2.75) is 0 Å². The molecule has 0 aliphatic rings. The average Bonchev–Trinajstić information content (AvgIpc) is 2.04. The first-order valence-corrected chi connectivity index (χ1v) is 3.65. The minimum Gasteiger partial charge on any atom is -0.508 e. The van der Waals surface area contributed by atoms with Gasteiger partial charge in [0.05, 0.1) is 0 Å². The summed E-state index contributed by atoms with van der Waals surface area (Å²) in [6.45, 7) is 0.417. The third kappa shape index (κ3) is 2.55. The molecule has 3 heteroatoms. The van der Waals surface area contributed by atoms with Gasteiger partial charge in [-0.25, -0.2) is 0 Å². The molecule has 0 aliphatic heterocycles. The van der Waals surface area contributed by atoms with E-state index >= 15 is 0 Å². The van der Waals surface area contributed by atoms with Gasteiger partial charge >= 0.3 is 0 Å². The predicted octanol–water partition coefficient (Wildman–Crippen LogP) is 1.77. The summed E-state index contributed by atoms with van der Waals surface area (Å²) in [4.78, 5) is 0. The zero-order valence-electron chi connectivity index (χ0n) is 5.86. The van der Waals surface area contributed by atoms with Crippen molar-refractivity contribution in [2.75, 3.05) is 6.61 Å². The Labute approximate surface area is 70.4 Å². The fourth-order valence-corrected chi connectivity index (χ4v) is 0.741. The number of benzene rings is 1. The molecule has 0 amide bonds. The second-order valence-corrected chi connectivity index (χ2v) is 2.30. The zero-order valence-corrected chi connectivity index (χ0v) is 6.67. The number of rotatable bonds is 3. The third-order valence-electron chi connectivity index (χ3n) is 1.15. The molecule has 0 spiro atoms. The highest BCUT2D eigenvalue weighted by Crippen LogP contribution is 2.15. The summed E-state index contributed by atoms with van der Waals surface area (Å²) in [6.07, 6.45) is 0. The molecule has 2 nitrogen and oxygen atoms in total. The van der Waals surface area contributed by atoms with Crippen LogP contribution in [0.3, 0.4) is 0 Å². The highest BCUT2D eigenvalue weighted by molar-refractivity contribution is 7.79. The first kappa shape index (κ1) is 8.01. The highest BCUT2D eigenvalue weighted by Gasteiger charge is 1.90. The van der Waals surface area contributed by atoms with Crippen LogP contribution in [0.4, 0.5) is 0 Å². The summed E-state index contributed by atoms with van der Waals surface area (Å²) < 4.78 is 5.14. The van der Waals surface area contributed by atoms with Crippen LogP contribution in [0, 0.1) is 0 Å². The number of hydrogen-bond acceptors (Lipinski definition) is 3. The second kappa shape index (κ2) is 3.93. The predicted molar refractivity (Wildman–Crippen MR) is 47.3 cm³/mol. The molecule has 0 saturated heterocycles. The molecule has 0 fully saturated rings. The second-order valence-electron chi connectivity index (χ2n) is 1.97. The topological polar surface area (TPSA) is 29.5 Å². The number of thiocarbonyl (C=S) groups is 1. The lowest BCUT2D eigenvalue weighted by atomic mass is 10.3. The molecular formula is C8H8O2S. The molecule has 1 aromatic rings. The van der Waals surface area contributed by atoms with Gasteiger partial charge < -0.3 is 9.84 Å². The van der Waals surface area contributed by atoms with Crippen molar-refractivity contribution in [1.29, 1.82) is 0 Å². The Hall–Kier alpha value is -1.09. The van der Waals surface area contributed by atoms with E-state index in [0.29, 0.717) is 12.4 Å². The van der Waals surface area contributed by atoms with E-state index in [9.17, 15) is 0 Å². The molecule has 0 aliphatic carbocycles. The number of phenolic OH excluding ortho intramolecular Hbond substituents is 1. The van der Waals surface area contributed by atoms with Crippen LogP contribution in [-0.4, -0.2) is 17.1 Å². The van der Waals surface area contributed by atoms with Gasteiger partial charge in [-0.1, -0.05) is 12.2 Å². The van der Waals surface area contributed by atoms with E-state index in [1.54, 1.807) is 24.3 Å². The van der Waals surface area contributed by atoms with Crippen LogP contribution in [0.25, 0.3) is 0 Å². The van der Waals surface area contributed by atoms with Crippen LogP contribution in [0.5, 0.6) is 11.5 Å². The first-order valence-electron chi connectivity index (χ1n) is 3.18. The number of ether oxygens (including phenoxy) is 1. The van der Waals surface area contributed by atoms with Crippen molar-refractivity contribution >= 4 is 17.6 Å². The molecule has 1 rings (SSSR count). The maximum Gasteiger partial charge on any atom is 0.120 e. The number of hydrogen-bond donors (Lipinski definition) is 1. The van der Waals surface area contributed by atoms with E-state index in [2.05, 4.69) is 12.2 Å². The summed E-state index contributed by atoms with van der Waals surface area (Å²) in [5.41, 5.74) is 0. The van der Waals surface area contributed by atoms with Crippen molar-refractivity contribution in [1.82, 2.24) is 0 Å². The smallest absolute Gasteiger partial charge is 0.120 e. The lowest BCUT2D eigenvalue weighted by Crippen LogP contribution is -1.95. The van der Waals surface area contributed by atoms with Gasteiger partial charge in [0.1, 0.15) is 18.1 Å². The number of phenols is 1. The lowest BCUT2D eigenvalue weighted by Gasteiger charge is -2.00. The van der Waals surface area contributed by atoms with Gasteiger partial charge in [0.2, 0.25) is 0 Å². The van der Waals surface area contributed by atoms with E-state index in [1.807, 2.05) is 0 Å². The normalized spacial score (nSPS) is 9.09. The van der Waals surface area contributed by atoms with Crippen LogP contribution in [0.15, 0.2) is 24.3 Å². The zero-order chi connectivity index (χ0) is 8.10. The van der Waals surface area contributed by atoms with E-state index in [-0.39, 0.29) is 5.75 Å². The third-order valence-corrected chi connectivity index (χ3v) is 1.29. The highest BCUT2D eigenvalue weighted by atomic mass is 32.1. The molecule has 1 N–H and O–H groups in total. The summed E-state index contributed by atoms with van der Waals surface area (Å²) in [6, 6.07) is 6.51. The molecule has 0 atom stereocenters. The van der Waals surface area contributed by atoms with Gasteiger partial charge in [-0.15, -0.1) is 0 Å². The van der Waals surface area contributed by atoms with Gasteiger partial charge in [-0.2, -0.15) is 0 Å². The summed E-state index contributed by atoms with van der Waals surface area (Å²) in [5, 5.41) is 10.4. The van der Waals surface area contributed by atoms with Crippen LogP contribution in [0.1, 0.15) is 0 Å². The summed E-state index contributed by atoms with van der Waals surface area (Å²) in [5.74, 6) is 0.948. The van der Waals surface area contributed by atoms with E-state index in [1.165, 1.54) is 5.37 Å². The molecule has 58 valence electrons. The largest absolute Gasteiger partial charge is 0.508 e. The van der Waals surface area contributed by atoms with E-state index in [0.717, 1.165) is 0 Å². The Morgan fingerprint density at radius 2 is 2.00 bits per heavy atom. The SMILES string of the molecule is Oc1ccc(OCC=S)cc1. The Morgan fingerprint density at radius 3 is 2.55 bits per heavy atom. The maximum atomic E-state index is 8.90. The van der Waals surface area contributed by atoms with E-state index in [4.69, 9.17) is 9.84 Å². The fraction of sp³-hybridized carbons (Fsp3) is 0.125. The minimum absolute atomic E-state index is 0.236. The molecular weight excluding hydrogens is 160 g/mol. The Morgan fingerprint density at radius 1 is 1.36 bits per heavy atom. The Kier molecular flexibility index (Phi) is 2.86. The van der Waals surface area contributed by atoms with Gasteiger partial charge in [-0.3, -0.25) is 0 Å². The molecule has 1 aromatic carbocycles. The molecule has 0 unspecified atom stereocenters. The van der Waals surface area contributed by atoms with Gasteiger partial charge in [-0.05, 0) is 24.3 Å². The van der Waals surface area contributed by atoms with Crippen LogP contribution in [-0.2, 0) is 0 Å². The summed E-state index contributed by atoms with van der Waals surface area (Å²) >= 11 is 4.58. The van der Waals surface area contributed by atoms with Crippen molar-refractivity contribution in [3.05, 3.63) is 24.3 Å². The van der Waals surface area contributed by atoms with Crippen molar-refractivity contribution < 1.29 is 9.84 Å². The Bertz CT molecular complexity index is 230. The van der Waals surface area contributed by atoms with Crippen molar-refractivity contribution in [3.8, 4) is 11.5 Å². The first-order chi connectivity index (χ1) is 5.33. The van der Waals surface area contributed by atoms with Crippen molar-refractivity contribution in [2.24, 2.45) is 0 Å². The van der Waals surface area contributed by atoms with Gasteiger partial charge in [0.15, 0.2) is 0 Å². The van der Waals surface area contributed by atoms with Crippen LogP contribution < -0.4 is 4.74 Å². The van der Waals surface area contributed by atoms with Crippen LogP contribution >= 0.6 is 12.2 Å². The number of aromatic hydroxyl groups is 1. The molecule has 0 bridgehead atoms. The standard InChI is InChI=1S/C8H8O2S/c9-7-1-3-8(4-2-7)10-5-6-11/h1-4,6,9H,5H2. The molecule has 0 aromatic heterocycles. The average molecular weight is 168 g/mol. The maximum absolute atomic E-state index is 8.90. The monoisotopic (exact) mass is 168 g/mol. The lowest BCUT2D eigenvalue weighted by molar-refractivity contribution is 0.381. The Balaban J connectivity index is 2.58. The van der Waals surface area contributed by atoms with Crippen LogP contribution in [0.2, 0.25) is 0 Å². The fourth-order valence-electron chi connectivity index (χ4n) is 0.673. The van der Waals surface area contributed by atoms with Gasteiger partial charge in [0.25, 0.3) is 0 Å². The molecule has 0 radical (unpaired) electrons. The molecule has 11 heavy (non-hydrogen) atoms. The molecule has 0 saturated carbocycles. The van der Waals surface area contributed by atoms with Gasteiger partial charge in [0, 0.05) is 5.37 Å². The van der Waals surface area contributed by atoms with E-state index < -0.39 is 0 Å². The quantitative estimate of drug-likeness (QED) is 0.697. The minimum atomic E-state index is 0.236. The van der Waals surface area contributed by atoms with Crippen molar-refractivity contribution in [3.63, 3.8) is 0 Å². The summed E-state index contributed by atoms with van der Waals surface area (Å²) in [7, 11) is 0. The molecule has 0 heterocycles.